The first-order chi connectivity index (χ1) is 14.0. The van der Waals surface area contributed by atoms with E-state index < -0.39 is 11.4 Å². The van der Waals surface area contributed by atoms with E-state index in [1.165, 1.54) is 18.2 Å². The van der Waals surface area contributed by atoms with E-state index in [0.717, 1.165) is 32.1 Å². The summed E-state index contributed by atoms with van der Waals surface area (Å²) in [4.78, 5) is 38.0. The third-order valence-electron chi connectivity index (χ3n) is 5.53. The maximum atomic E-state index is 12.8. The van der Waals surface area contributed by atoms with Gasteiger partial charge >= 0.3 is 5.97 Å². The minimum Gasteiger partial charge on any atom is -0.478 e. The summed E-state index contributed by atoms with van der Waals surface area (Å²) in [5.74, 6) is -1.24. The van der Waals surface area contributed by atoms with Crippen molar-refractivity contribution in [2.45, 2.75) is 100.0 Å². The zero-order valence-electron chi connectivity index (χ0n) is 20.8. The molecule has 176 valence electrons. The standard InChI is InChI=1S/C21H38N2O4.C3H8/c1-8-11-12-21(9-2,10-3)20(27)22-14-18(24)23(7)17(15(4)5)13-16(6)19(25)26;1-3-2/h13,15,17H,8-12,14H2,1-7H3,(H,22,27)(H,25,26);3H2,1-2H3/b16-13+;/t17-;/m1./s1. The largest absolute Gasteiger partial charge is 0.478 e. The fraction of sp³-hybridized carbons (Fsp3) is 0.792. The second kappa shape index (κ2) is 15.9. The van der Waals surface area contributed by atoms with Crippen LogP contribution in [0.1, 0.15) is 93.9 Å². The smallest absolute Gasteiger partial charge is 0.331 e. The molecule has 30 heavy (non-hydrogen) atoms. The lowest BCUT2D eigenvalue weighted by molar-refractivity contribution is -0.137. The second-order valence-corrected chi connectivity index (χ2v) is 8.37. The number of carbonyl (C=O) groups excluding carboxylic acids is 2. The molecule has 0 aromatic rings. The summed E-state index contributed by atoms with van der Waals surface area (Å²) < 4.78 is 0. The molecule has 0 aromatic heterocycles. The molecular formula is C24H46N2O4. The molecule has 0 unspecified atom stereocenters. The highest BCUT2D eigenvalue weighted by Crippen LogP contribution is 2.32. The van der Waals surface area contributed by atoms with E-state index in [1.54, 1.807) is 13.1 Å². The van der Waals surface area contributed by atoms with Crippen LogP contribution in [-0.2, 0) is 14.4 Å². The summed E-state index contributed by atoms with van der Waals surface area (Å²) in [5, 5.41) is 11.9. The number of carbonyl (C=O) groups is 3. The van der Waals surface area contributed by atoms with Crippen molar-refractivity contribution in [3.63, 3.8) is 0 Å². The van der Waals surface area contributed by atoms with Gasteiger partial charge < -0.3 is 15.3 Å². The van der Waals surface area contributed by atoms with Crippen molar-refractivity contribution < 1.29 is 19.5 Å². The van der Waals surface area contributed by atoms with Crippen molar-refractivity contribution in [1.29, 1.82) is 0 Å². The maximum Gasteiger partial charge on any atom is 0.331 e. The number of likely N-dealkylation sites (N-methyl/N-ethyl adjacent to an activating group) is 1. The van der Waals surface area contributed by atoms with Crippen molar-refractivity contribution in [3.05, 3.63) is 11.6 Å². The molecule has 2 N–H and O–H groups in total. The van der Waals surface area contributed by atoms with Crippen LogP contribution in [0, 0.1) is 11.3 Å². The van der Waals surface area contributed by atoms with Crippen LogP contribution >= 0.6 is 0 Å². The fourth-order valence-corrected chi connectivity index (χ4v) is 3.27. The highest BCUT2D eigenvalue weighted by Gasteiger charge is 2.34. The van der Waals surface area contributed by atoms with Gasteiger partial charge in [-0.15, -0.1) is 0 Å². The van der Waals surface area contributed by atoms with E-state index in [2.05, 4.69) is 26.1 Å². The van der Waals surface area contributed by atoms with Crippen LogP contribution in [0.15, 0.2) is 11.6 Å². The predicted octanol–water partition coefficient (Wildman–Crippen LogP) is 5.03. The molecule has 0 spiro atoms. The molecule has 0 aliphatic heterocycles. The molecule has 6 heteroatoms. The van der Waals surface area contributed by atoms with Crippen LogP contribution in [0.5, 0.6) is 0 Å². The van der Waals surface area contributed by atoms with Crippen LogP contribution in [0.4, 0.5) is 0 Å². The maximum absolute atomic E-state index is 12.8. The molecule has 0 aliphatic carbocycles. The minimum atomic E-state index is -0.999. The summed E-state index contributed by atoms with van der Waals surface area (Å²) in [6, 6.07) is -0.340. The van der Waals surface area contributed by atoms with E-state index in [9.17, 15) is 14.4 Å². The topological polar surface area (TPSA) is 86.7 Å². The summed E-state index contributed by atoms with van der Waals surface area (Å²) >= 11 is 0. The first-order valence-electron chi connectivity index (χ1n) is 11.4. The van der Waals surface area contributed by atoms with Gasteiger partial charge in [0.25, 0.3) is 0 Å². The Balaban J connectivity index is 0. The number of nitrogens with one attached hydrogen (secondary N) is 1. The molecule has 0 heterocycles. The molecule has 6 nitrogen and oxygen atoms in total. The third kappa shape index (κ3) is 10.3. The molecular weight excluding hydrogens is 380 g/mol. The number of unbranched alkanes of at least 4 members (excludes halogenated alkanes) is 1. The number of hydrogen-bond acceptors (Lipinski definition) is 3. The summed E-state index contributed by atoms with van der Waals surface area (Å²) in [7, 11) is 1.65. The Morgan fingerprint density at radius 2 is 1.57 bits per heavy atom. The minimum absolute atomic E-state index is 0.0545. The van der Waals surface area contributed by atoms with Gasteiger partial charge in [0.2, 0.25) is 11.8 Å². The van der Waals surface area contributed by atoms with Crippen molar-refractivity contribution in [2.24, 2.45) is 11.3 Å². The van der Waals surface area contributed by atoms with Gasteiger partial charge in [-0.05, 0) is 32.1 Å². The van der Waals surface area contributed by atoms with Crippen LogP contribution in [0.3, 0.4) is 0 Å². The average molecular weight is 427 g/mol. The Morgan fingerprint density at radius 3 is 1.93 bits per heavy atom. The molecule has 0 saturated carbocycles. The van der Waals surface area contributed by atoms with Gasteiger partial charge in [0.05, 0.1) is 12.6 Å². The lowest BCUT2D eigenvalue weighted by atomic mass is 9.77. The van der Waals surface area contributed by atoms with Gasteiger partial charge in [-0.3, -0.25) is 9.59 Å². The summed E-state index contributed by atoms with van der Waals surface area (Å²) in [6.07, 6.45) is 7.17. The Bertz CT molecular complexity index is 551. The van der Waals surface area contributed by atoms with E-state index in [-0.39, 0.29) is 35.9 Å². The lowest BCUT2D eigenvalue weighted by Crippen LogP contribution is -2.48. The highest BCUT2D eigenvalue weighted by atomic mass is 16.4. The number of rotatable bonds is 12. The summed E-state index contributed by atoms with van der Waals surface area (Å²) in [6.45, 7) is 15.7. The molecule has 0 rings (SSSR count). The Morgan fingerprint density at radius 1 is 1.07 bits per heavy atom. The number of hydrogen-bond donors (Lipinski definition) is 2. The van der Waals surface area contributed by atoms with Gasteiger partial charge in [0.1, 0.15) is 0 Å². The number of aliphatic carboxylic acids is 1. The van der Waals surface area contributed by atoms with Crippen molar-refractivity contribution in [3.8, 4) is 0 Å². The quantitative estimate of drug-likeness (QED) is 0.429. The van der Waals surface area contributed by atoms with Crippen molar-refractivity contribution in [1.82, 2.24) is 10.2 Å². The summed E-state index contributed by atoms with van der Waals surface area (Å²) in [5.41, 5.74) is -0.223. The molecule has 0 bridgehead atoms. The normalized spacial score (nSPS) is 12.7. The van der Waals surface area contributed by atoms with E-state index in [1.807, 2.05) is 27.7 Å². The molecule has 0 radical (unpaired) electrons. The van der Waals surface area contributed by atoms with Crippen LogP contribution in [0.2, 0.25) is 0 Å². The third-order valence-corrected chi connectivity index (χ3v) is 5.53. The van der Waals surface area contributed by atoms with Gasteiger partial charge in [0, 0.05) is 18.0 Å². The molecule has 2 amide bonds. The average Bonchev–Trinajstić information content (AvgIpc) is 2.70. The highest BCUT2D eigenvalue weighted by molar-refractivity contribution is 5.88. The van der Waals surface area contributed by atoms with E-state index >= 15 is 0 Å². The van der Waals surface area contributed by atoms with Crippen LogP contribution in [0.25, 0.3) is 0 Å². The molecule has 0 saturated heterocycles. The Labute approximate surface area is 184 Å². The zero-order chi connectivity index (χ0) is 23.9. The second-order valence-electron chi connectivity index (χ2n) is 8.37. The van der Waals surface area contributed by atoms with Crippen LogP contribution < -0.4 is 5.32 Å². The molecule has 0 fully saturated rings. The van der Waals surface area contributed by atoms with E-state index in [4.69, 9.17) is 5.11 Å². The first-order valence-corrected chi connectivity index (χ1v) is 11.4. The van der Waals surface area contributed by atoms with Gasteiger partial charge in [-0.25, -0.2) is 4.79 Å². The Hall–Kier alpha value is -1.85. The van der Waals surface area contributed by atoms with Crippen molar-refractivity contribution >= 4 is 17.8 Å². The SMILES string of the molecule is CCC.CCCCC(CC)(CC)C(=O)NCC(=O)N(C)[C@H](/C=C(\C)C(=O)O)C(C)C. The predicted molar refractivity (Wildman–Crippen MR) is 124 cm³/mol. The number of carboxylic acid groups (broad SMARTS) is 1. The van der Waals surface area contributed by atoms with Gasteiger partial charge in [-0.2, -0.15) is 0 Å². The van der Waals surface area contributed by atoms with Gasteiger partial charge in [0.15, 0.2) is 0 Å². The zero-order valence-corrected chi connectivity index (χ0v) is 20.8. The molecule has 0 aromatic carbocycles. The lowest BCUT2D eigenvalue weighted by Gasteiger charge is -2.32. The number of nitrogens with zero attached hydrogens (tertiary/aromatic N) is 1. The molecule has 0 aliphatic rings. The Kier molecular flexibility index (Phi) is 16.1. The van der Waals surface area contributed by atoms with Crippen molar-refractivity contribution in [2.75, 3.05) is 13.6 Å². The number of amides is 2. The van der Waals surface area contributed by atoms with E-state index in [0.29, 0.717) is 0 Å². The van der Waals surface area contributed by atoms with Crippen LogP contribution in [-0.4, -0.2) is 47.4 Å². The first kappa shape index (κ1) is 30.3. The molecule has 1 atom stereocenters. The van der Waals surface area contributed by atoms with Gasteiger partial charge in [-0.1, -0.05) is 73.8 Å². The monoisotopic (exact) mass is 426 g/mol. The fourth-order valence-electron chi connectivity index (χ4n) is 3.27. The number of carboxylic acids is 1.